The van der Waals surface area contributed by atoms with Crippen LogP contribution in [0.3, 0.4) is 0 Å². The molecule has 0 radical (unpaired) electrons. The number of pyridine rings is 1. The first kappa shape index (κ1) is 20.7. The van der Waals surface area contributed by atoms with Gasteiger partial charge in [-0.1, -0.05) is 30.3 Å². The van der Waals surface area contributed by atoms with Crippen LogP contribution < -0.4 is 10.2 Å². The Morgan fingerprint density at radius 1 is 1.03 bits per heavy atom. The van der Waals surface area contributed by atoms with E-state index in [1.807, 2.05) is 35.2 Å². The highest BCUT2D eigenvalue weighted by Gasteiger charge is 2.43. The number of aromatic nitrogens is 1. The first-order chi connectivity index (χ1) is 16.0. The molecule has 0 spiro atoms. The first-order valence-electron chi connectivity index (χ1n) is 10.2. The van der Waals surface area contributed by atoms with Crippen LogP contribution >= 0.6 is 12.2 Å². The van der Waals surface area contributed by atoms with Gasteiger partial charge < -0.3 is 24.8 Å². The van der Waals surface area contributed by atoms with Crippen LogP contribution in [0.5, 0.6) is 5.75 Å². The van der Waals surface area contributed by atoms with Gasteiger partial charge in [0.1, 0.15) is 23.3 Å². The Morgan fingerprint density at radius 2 is 1.85 bits per heavy atom. The quantitative estimate of drug-likeness (QED) is 0.363. The zero-order chi connectivity index (χ0) is 22.9. The summed E-state index contributed by atoms with van der Waals surface area (Å²) < 4.78 is 6.24. The molecule has 1 aliphatic heterocycles. The van der Waals surface area contributed by atoms with Gasteiger partial charge in [0, 0.05) is 11.8 Å². The predicted molar refractivity (Wildman–Crippen MR) is 127 cm³/mol. The van der Waals surface area contributed by atoms with Crippen LogP contribution in [-0.4, -0.2) is 26.3 Å². The van der Waals surface area contributed by atoms with Crippen molar-refractivity contribution < 1.29 is 19.4 Å². The summed E-state index contributed by atoms with van der Waals surface area (Å²) in [7, 11) is 0. The third-order valence-electron chi connectivity index (χ3n) is 5.55. The first-order valence-corrected chi connectivity index (χ1v) is 10.7. The van der Waals surface area contributed by atoms with E-state index in [-0.39, 0.29) is 17.4 Å². The van der Waals surface area contributed by atoms with E-state index in [0.717, 1.165) is 5.69 Å². The number of phenolic OH excluding ortho intramolecular Hbond substituents is 1. The maximum absolute atomic E-state index is 11.4. The second-order valence-electron chi connectivity index (χ2n) is 7.57. The Morgan fingerprint density at radius 3 is 2.61 bits per heavy atom. The second-order valence-corrected chi connectivity index (χ2v) is 7.96. The third-order valence-corrected chi connectivity index (χ3v) is 5.87. The van der Waals surface area contributed by atoms with E-state index in [0.29, 0.717) is 27.9 Å². The van der Waals surface area contributed by atoms with Crippen LogP contribution in [0.1, 0.15) is 33.9 Å². The molecular formula is C25H19N3O4S. The number of carboxylic acids is 1. The van der Waals surface area contributed by atoms with Gasteiger partial charge in [-0.25, -0.2) is 4.79 Å². The number of nitrogens with one attached hydrogen (secondary N) is 1. The molecule has 7 nitrogen and oxygen atoms in total. The summed E-state index contributed by atoms with van der Waals surface area (Å²) in [6.45, 7) is 0. The van der Waals surface area contributed by atoms with Crippen molar-refractivity contribution in [2.75, 3.05) is 4.90 Å². The van der Waals surface area contributed by atoms with E-state index < -0.39 is 12.0 Å². The van der Waals surface area contributed by atoms with Gasteiger partial charge in [0.15, 0.2) is 5.11 Å². The fourth-order valence-electron chi connectivity index (χ4n) is 4.04. The third kappa shape index (κ3) is 3.81. The minimum absolute atomic E-state index is 0.0919. The van der Waals surface area contributed by atoms with Crippen LogP contribution in [0.25, 0.3) is 11.3 Å². The number of nitrogens with zero attached hydrogens (tertiary/aromatic N) is 2. The van der Waals surface area contributed by atoms with Crippen LogP contribution in [0.4, 0.5) is 5.69 Å². The van der Waals surface area contributed by atoms with E-state index in [1.54, 1.807) is 48.7 Å². The second kappa shape index (κ2) is 8.40. The van der Waals surface area contributed by atoms with Gasteiger partial charge in [-0.2, -0.15) is 0 Å². The van der Waals surface area contributed by atoms with Crippen molar-refractivity contribution in [1.82, 2.24) is 10.3 Å². The summed E-state index contributed by atoms with van der Waals surface area (Å²) in [6, 6.07) is 22.1. The number of para-hydroxylation sites is 2. The van der Waals surface area contributed by atoms with Crippen molar-refractivity contribution in [2.24, 2.45) is 0 Å². The molecule has 33 heavy (non-hydrogen) atoms. The van der Waals surface area contributed by atoms with Gasteiger partial charge >= 0.3 is 5.97 Å². The van der Waals surface area contributed by atoms with E-state index in [4.69, 9.17) is 16.6 Å². The number of hydrogen-bond donors (Lipinski definition) is 3. The fourth-order valence-corrected chi connectivity index (χ4v) is 4.38. The molecule has 0 unspecified atom stereocenters. The molecule has 4 aromatic rings. The van der Waals surface area contributed by atoms with Gasteiger partial charge in [0.25, 0.3) is 0 Å². The number of hydrogen-bond acceptors (Lipinski definition) is 5. The van der Waals surface area contributed by atoms with Gasteiger partial charge in [-0.15, -0.1) is 0 Å². The number of aromatic carboxylic acids is 1. The maximum Gasteiger partial charge on any atom is 0.335 e. The molecule has 0 amide bonds. The number of phenols is 1. The SMILES string of the molecule is O=C(O)c1cccc(-c2ccc([C@@H]3[C@@H](c4ccccn4)NC(=S)N3c3ccccc3O)o2)c1. The van der Waals surface area contributed by atoms with Crippen molar-refractivity contribution in [1.29, 1.82) is 0 Å². The highest BCUT2D eigenvalue weighted by Crippen LogP contribution is 2.45. The Balaban J connectivity index is 1.60. The van der Waals surface area contributed by atoms with Crippen molar-refractivity contribution >= 4 is 29.0 Å². The number of carbonyl (C=O) groups is 1. The molecule has 2 aromatic heterocycles. The average molecular weight is 458 g/mol. The molecule has 0 aliphatic carbocycles. The lowest BCUT2D eigenvalue weighted by atomic mass is 10.0. The van der Waals surface area contributed by atoms with Crippen LogP contribution in [-0.2, 0) is 0 Å². The van der Waals surface area contributed by atoms with Crippen LogP contribution in [0.15, 0.2) is 89.5 Å². The van der Waals surface area contributed by atoms with E-state index >= 15 is 0 Å². The topological polar surface area (TPSA) is 98.8 Å². The molecule has 1 fully saturated rings. The van der Waals surface area contributed by atoms with Crippen LogP contribution in [0.2, 0.25) is 0 Å². The smallest absolute Gasteiger partial charge is 0.335 e. The molecule has 2 aromatic carbocycles. The van der Waals surface area contributed by atoms with Crippen LogP contribution in [0, 0.1) is 0 Å². The van der Waals surface area contributed by atoms with Crippen molar-refractivity contribution in [3.63, 3.8) is 0 Å². The van der Waals surface area contributed by atoms with Gasteiger partial charge in [0.05, 0.1) is 23.0 Å². The molecule has 0 saturated carbocycles. The Kier molecular flexibility index (Phi) is 5.27. The summed E-state index contributed by atoms with van der Waals surface area (Å²) in [5.41, 5.74) is 2.15. The monoisotopic (exact) mass is 457 g/mol. The van der Waals surface area contributed by atoms with Gasteiger partial charge in [-0.05, 0) is 60.7 Å². The van der Waals surface area contributed by atoms with Crippen molar-refractivity contribution in [3.05, 3.63) is 102 Å². The molecule has 0 bridgehead atoms. The lowest BCUT2D eigenvalue weighted by Crippen LogP contribution is -2.29. The summed E-state index contributed by atoms with van der Waals surface area (Å²) in [5.74, 6) is 0.212. The highest BCUT2D eigenvalue weighted by molar-refractivity contribution is 7.80. The molecule has 3 N–H and O–H groups in total. The predicted octanol–water partition coefficient (Wildman–Crippen LogP) is 4.92. The number of rotatable bonds is 5. The van der Waals surface area contributed by atoms with Gasteiger partial charge in [0.2, 0.25) is 0 Å². The van der Waals surface area contributed by atoms with E-state index in [2.05, 4.69) is 10.3 Å². The van der Waals surface area contributed by atoms with E-state index in [1.165, 1.54) is 6.07 Å². The molecule has 1 saturated heterocycles. The fraction of sp³-hybridized carbons (Fsp3) is 0.0800. The normalized spacial score (nSPS) is 17.7. The lowest BCUT2D eigenvalue weighted by Gasteiger charge is -2.26. The molecule has 5 rings (SSSR count). The summed E-state index contributed by atoms with van der Waals surface area (Å²) in [5, 5.41) is 23.6. The number of thiocarbonyl (C=S) groups is 1. The Labute approximate surface area is 194 Å². The number of benzene rings is 2. The number of furan rings is 1. The average Bonchev–Trinajstić information content (AvgIpc) is 3.45. The van der Waals surface area contributed by atoms with Gasteiger partial charge in [-0.3, -0.25) is 4.98 Å². The maximum atomic E-state index is 11.4. The Hall–Kier alpha value is -4.17. The number of aromatic hydroxyl groups is 1. The summed E-state index contributed by atoms with van der Waals surface area (Å²) in [6.07, 6.45) is 1.71. The summed E-state index contributed by atoms with van der Waals surface area (Å²) >= 11 is 5.65. The molecular weight excluding hydrogens is 438 g/mol. The van der Waals surface area contributed by atoms with Crippen molar-refractivity contribution in [3.8, 4) is 17.1 Å². The molecule has 2 atom stereocenters. The van der Waals surface area contributed by atoms with Crippen molar-refractivity contribution in [2.45, 2.75) is 12.1 Å². The molecule has 8 heteroatoms. The molecule has 1 aliphatic rings. The van der Waals surface area contributed by atoms with E-state index in [9.17, 15) is 15.0 Å². The standard InChI is InChI=1S/C25H19N3O4S/c29-19-10-2-1-9-18(19)28-23(22(27-25(28)33)17-8-3-4-13-26-17)21-12-11-20(32-21)15-6-5-7-16(14-15)24(30)31/h1-14,22-23,29H,(H,27,33)(H,30,31)/t22-,23-/m1/s1. The lowest BCUT2D eigenvalue weighted by molar-refractivity contribution is 0.0697. The number of anilines is 1. The Bertz CT molecular complexity index is 1340. The molecule has 3 heterocycles. The number of carboxylic acid groups (broad SMARTS) is 1. The minimum Gasteiger partial charge on any atom is -0.506 e. The highest BCUT2D eigenvalue weighted by atomic mass is 32.1. The zero-order valence-corrected chi connectivity index (χ0v) is 18.1. The minimum atomic E-state index is -1.00. The largest absolute Gasteiger partial charge is 0.506 e. The molecule has 164 valence electrons. The zero-order valence-electron chi connectivity index (χ0n) is 17.3. The summed E-state index contributed by atoms with van der Waals surface area (Å²) in [4.78, 5) is 17.7.